The van der Waals surface area contributed by atoms with Crippen molar-refractivity contribution in [2.24, 2.45) is 5.73 Å². The molecule has 1 atom stereocenters. The number of carbonyl (C=O) groups is 1. The number of hydrogen-bond donors (Lipinski definition) is 2. The van der Waals surface area contributed by atoms with Crippen LogP contribution in [-0.2, 0) is 4.79 Å². The van der Waals surface area contributed by atoms with E-state index >= 15 is 0 Å². The van der Waals surface area contributed by atoms with Gasteiger partial charge in [-0.3, -0.25) is 4.79 Å². The van der Waals surface area contributed by atoms with E-state index in [-0.39, 0.29) is 6.04 Å². The highest BCUT2D eigenvalue weighted by Crippen LogP contribution is 1.78. The third kappa shape index (κ3) is 5.53. The Kier molecular flexibility index (Phi) is 4.88. The Morgan fingerprint density at radius 3 is 2.70 bits per heavy atom. The molecule has 0 saturated carbocycles. The Balaban J connectivity index is 3.24. The van der Waals surface area contributed by atoms with E-state index in [1.807, 2.05) is 19.0 Å². The molecule has 4 heteroatoms. The summed E-state index contributed by atoms with van der Waals surface area (Å²) in [5.74, 6) is 0. The number of likely N-dealkylation sites (N-methyl/N-ethyl adjacent to an activating group) is 1. The van der Waals surface area contributed by atoms with E-state index < -0.39 is 0 Å². The molecule has 0 aliphatic heterocycles. The third-order valence-corrected chi connectivity index (χ3v) is 1.06. The fourth-order valence-electron chi connectivity index (χ4n) is 0.733. The van der Waals surface area contributed by atoms with Crippen molar-refractivity contribution in [2.75, 3.05) is 27.2 Å². The molecule has 0 radical (unpaired) electrons. The molecule has 0 aromatic heterocycles. The van der Waals surface area contributed by atoms with Gasteiger partial charge in [-0.2, -0.15) is 0 Å². The Morgan fingerprint density at radius 2 is 2.30 bits per heavy atom. The van der Waals surface area contributed by atoms with Crippen LogP contribution in [0.2, 0.25) is 0 Å². The maximum absolute atomic E-state index is 9.81. The van der Waals surface area contributed by atoms with Crippen LogP contribution >= 0.6 is 0 Å². The number of nitrogens with zero attached hydrogens (tertiary/aromatic N) is 1. The van der Waals surface area contributed by atoms with Gasteiger partial charge in [0.15, 0.2) is 0 Å². The van der Waals surface area contributed by atoms with E-state index in [4.69, 9.17) is 5.73 Å². The minimum absolute atomic E-state index is 0.0280. The number of hydrogen-bond acceptors (Lipinski definition) is 3. The zero-order chi connectivity index (χ0) is 7.98. The SMILES string of the molecule is CN(C)CC(N)CNC=O. The van der Waals surface area contributed by atoms with Crippen LogP contribution in [0.5, 0.6) is 0 Å². The first-order chi connectivity index (χ1) is 4.66. The molecular weight excluding hydrogens is 130 g/mol. The van der Waals surface area contributed by atoms with E-state index in [0.717, 1.165) is 6.54 Å². The molecule has 60 valence electrons. The number of carbonyl (C=O) groups excluding carboxylic acids is 1. The average molecular weight is 145 g/mol. The van der Waals surface area contributed by atoms with Gasteiger partial charge < -0.3 is 16.0 Å². The molecule has 0 heterocycles. The van der Waals surface area contributed by atoms with Crippen molar-refractivity contribution >= 4 is 6.41 Å². The van der Waals surface area contributed by atoms with E-state index in [1.54, 1.807) is 0 Å². The second-order valence-corrected chi connectivity index (χ2v) is 2.55. The molecule has 0 aliphatic carbocycles. The maximum Gasteiger partial charge on any atom is 0.207 e. The normalized spacial score (nSPS) is 13.2. The smallest absolute Gasteiger partial charge is 0.207 e. The summed E-state index contributed by atoms with van der Waals surface area (Å²) < 4.78 is 0. The van der Waals surface area contributed by atoms with Gasteiger partial charge in [0, 0.05) is 19.1 Å². The Labute approximate surface area is 61.4 Å². The summed E-state index contributed by atoms with van der Waals surface area (Å²) in [5, 5.41) is 2.52. The predicted octanol–water partition coefficient (Wildman–Crippen LogP) is -1.38. The molecule has 0 saturated heterocycles. The lowest BCUT2D eigenvalue weighted by Gasteiger charge is -2.15. The lowest BCUT2D eigenvalue weighted by atomic mass is 10.3. The summed E-state index contributed by atoms with van der Waals surface area (Å²) in [6.07, 6.45) is 0.662. The van der Waals surface area contributed by atoms with Gasteiger partial charge in [0.25, 0.3) is 0 Å². The second kappa shape index (κ2) is 5.20. The quantitative estimate of drug-likeness (QED) is 0.469. The molecular formula is C6H15N3O. The fraction of sp³-hybridized carbons (Fsp3) is 0.833. The van der Waals surface area contributed by atoms with Crippen molar-refractivity contribution in [3.63, 3.8) is 0 Å². The van der Waals surface area contributed by atoms with E-state index in [0.29, 0.717) is 13.0 Å². The summed E-state index contributed by atoms with van der Waals surface area (Å²) in [6.45, 7) is 1.34. The van der Waals surface area contributed by atoms with Crippen molar-refractivity contribution in [3.05, 3.63) is 0 Å². The zero-order valence-electron chi connectivity index (χ0n) is 6.50. The molecule has 0 aromatic carbocycles. The summed E-state index contributed by atoms with van der Waals surface area (Å²) in [4.78, 5) is 11.8. The highest BCUT2D eigenvalue weighted by Gasteiger charge is 2.01. The molecule has 0 aliphatic rings. The van der Waals surface area contributed by atoms with Gasteiger partial charge in [-0.05, 0) is 14.1 Å². The van der Waals surface area contributed by atoms with Gasteiger partial charge >= 0.3 is 0 Å². The average Bonchev–Trinajstić information content (AvgIpc) is 1.82. The molecule has 0 spiro atoms. The molecule has 0 fully saturated rings. The standard InChI is InChI=1S/C6H15N3O/c1-9(2)4-6(7)3-8-5-10/h5-6H,3-4,7H2,1-2H3,(H,8,10). The largest absolute Gasteiger partial charge is 0.357 e. The van der Waals surface area contributed by atoms with Crippen molar-refractivity contribution in [1.82, 2.24) is 10.2 Å². The van der Waals surface area contributed by atoms with E-state index in [9.17, 15) is 4.79 Å². The van der Waals surface area contributed by atoms with Gasteiger partial charge in [-0.15, -0.1) is 0 Å². The molecule has 3 N–H and O–H groups in total. The first-order valence-electron chi connectivity index (χ1n) is 3.24. The van der Waals surface area contributed by atoms with Gasteiger partial charge in [-0.25, -0.2) is 0 Å². The molecule has 0 rings (SSSR count). The van der Waals surface area contributed by atoms with E-state index in [2.05, 4.69) is 5.32 Å². The summed E-state index contributed by atoms with van der Waals surface area (Å²) >= 11 is 0. The maximum atomic E-state index is 9.81. The summed E-state index contributed by atoms with van der Waals surface area (Å²) in [5.41, 5.74) is 5.60. The Bertz CT molecular complexity index is 95.0. The minimum atomic E-state index is 0.0280. The zero-order valence-corrected chi connectivity index (χ0v) is 6.50. The predicted molar refractivity (Wildman–Crippen MR) is 40.6 cm³/mol. The lowest BCUT2D eigenvalue weighted by molar-refractivity contribution is -0.109. The summed E-state index contributed by atoms with van der Waals surface area (Å²) in [6, 6.07) is 0.0280. The molecule has 1 amide bonds. The first kappa shape index (κ1) is 9.39. The molecule has 10 heavy (non-hydrogen) atoms. The second-order valence-electron chi connectivity index (χ2n) is 2.55. The highest BCUT2D eigenvalue weighted by atomic mass is 16.1. The van der Waals surface area contributed by atoms with Crippen molar-refractivity contribution in [3.8, 4) is 0 Å². The van der Waals surface area contributed by atoms with Crippen molar-refractivity contribution < 1.29 is 4.79 Å². The van der Waals surface area contributed by atoms with Crippen LogP contribution in [-0.4, -0.2) is 44.5 Å². The van der Waals surface area contributed by atoms with Crippen LogP contribution in [0.25, 0.3) is 0 Å². The van der Waals surface area contributed by atoms with Crippen LogP contribution in [0.15, 0.2) is 0 Å². The number of rotatable bonds is 5. The molecule has 0 aromatic rings. The van der Waals surface area contributed by atoms with Crippen LogP contribution in [0.1, 0.15) is 0 Å². The summed E-state index contributed by atoms with van der Waals surface area (Å²) in [7, 11) is 3.89. The number of nitrogens with one attached hydrogen (secondary N) is 1. The van der Waals surface area contributed by atoms with Crippen LogP contribution < -0.4 is 11.1 Å². The van der Waals surface area contributed by atoms with Crippen molar-refractivity contribution in [1.29, 1.82) is 0 Å². The number of nitrogens with two attached hydrogens (primary N) is 1. The van der Waals surface area contributed by atoms with Gasteiger partial charge in [-0.1, -0.05) is 0 Å². The third-order valence-electron chi connectivity index (χ3n) is 1.06. The monoisotopic (exact) mass is 145 g/mol. The highest BCUT2D eigenvalue weighted by molar-refractivity contribution is 5.45. The van der Waals surface area contributed by atoms with Gasteiger partial charge in [0.05, 0.1) is 0 Å². The lowest BCUT2D eigenvalue weighted by Crippen LogP contribution is -2.40. The Morgan fingerprint density at radius 1 is 1.70 bits per heavy atom. The molecule has 4 nitrogen and oxygen atoms in total. The van der Waals surface area contributed by atoms with Crippen LogP contribution in [0.4, 0.5) is 0 Å². The van der Waals surface area contributed by atoms with Crippen LogP contribution in [0.3, 0.4) is 0 Å². The number of amides is 1. The Hall–Kier alpha value is -0.610. The topological polar surface area (TPSA) is 58.4 Å². The fourth-order valence-corrected chi connectivity index (χ4v) is 0.733. The molecule has 1 unspecified atom stereocenters. The molecule has 0 bridgehead atoms. The first-order valence-corrected chi connectivity index (χ1v) is 3.24. The van der Waals surface area contributed by atoms with Crippen molar-refractivity contribution in [2.45, 2.75) is 6.04 Å². The van der Waals surface area contributed by atoms with E-state index in [1.165, 1.54) is 0 Å². The van der Waals surface area contributed by atoms with Crippen LogP contribution in [0, 0.1) is 0 Å². The minimum Gasteiger partial charge on any atom is -0.357 e. The van der Waals surface area contributed by atoms with Gasteiger partial charge in [0.2, 0.25) is 6.41 Å². The van der Waals surface area contributed by atoms with Gasteiger partial charge in [0.1, 0.15) is 0 Å².